The molecule has 98 valence electrons. The molecule has 4 nitrogen and oxygen atoms in total. The summed E-state index contributed by atoms with van der Waals surface area (Å²) >= 11 is 0. The lowest BCUT2D eigenvalue weighted by Gasteiger charge is -2.11. The first-order valence-corrected chi connectivity index (χ1v) is 5.93. The Labute approximate surface area is 101 Å². The van der Waals surface area contributed by atoms with Crippen LogP contribution in [0.4, 0.5) is 18.4 Å². The van der Waals surface area contributed by atoms with Crippen LogP contribution in [0.5, 0.6) is 0 Å². The summed E-state index contributed by atoms with van der Waals surface area (Å²) in [6, 6.07) is 5.39. The molecule has 1 aromatic carbocycles. The number of carbonyl (C=O) groups excluding carboxylic acids is 1. The van der Waals surface area contributed by atoms with Crippen LogP contribution in [0.3, 0.4) is 0 Å². The largest absolute Gasteiger partial charge is 0.451 e. The molecule has 1 amide bonds. The standard InChI is InChI=1S/C10H8F3NO3S/c1-2-7-3-5-8(6-4-7)14-9(15)10(11,12)18(13,16)17/h2-6H,1H2,(H,14,15). The number of hydrogen-bond donors (Lipinski definition) is 1. The van der Waals surface area contributed by atoms with E-state index in [1.54, 1.807) is 5.32 Å². The van der Waals surface area contributed by atoms with Crippen molar-refractivity contribution in [2.45, 2.75) is 5.25 Å². The van der Waals surface area contributed by atoms with Gasteiger partial charge in [-0.1, -0.05) is 28.7 Å². The number of benzene rings is 1. The zero-order valence-corrected chi connectivity index (χ0v) is 9.68. The van der Waals surface area contributed by atoms with Crippen molar-refractivity contribution >= 4 is 27.9 Å². The third-order valence-corrected chi connectivity index (χ3v) is 2.77. The van der Waals surface area contributed by atoms with Crippen LogP contribution in [0.1, 0.15) is 5.56 Å². The van der Waals surface area contributed by atoms with Crippen molar-refractivity contribution < 1.29 is 25.9 Å². The molecule has 0 radical (unpaired) electrons. The average Bonchev–Trinajstić information content (AvgIpc) is 2.28. The van der Waals surface area contributed by atoms with Crippen molar-refractivity contribution in [2.75, 3.05) is 5.32 Å². The van der Waals surface area contributed by atoms with Crippen molar-refractivity contribution in [1.29, 1.82) is 0 Å². The summed E-state index contributed by atoms with van der Waals surface area (Å²) in [7, 11) is -6.30. The summed E-state index contributed by atoms with van der Waals surface area (Å²) in [5.74, 6) is -2.25. The average molecular weight is 279 g/mol. The second-order valence-corrected chi connectivity index (χ2v) is 4.62. The molecule has 0 spiro atoms. The van der Waals surface area contributed by atoms with Gasteiger partial charge in [-0.15, -0.1) is 0 Å². The fourth-order valence-electron chi connectivity index (χ4n) is 1.02. The van der Waals surface area contributed by atoms with Gasteiger partial charge in [-0.3, -0.25) is 4.79 Å². The van der Waals surface area contributed by atoms with Crippen molar-refractivity contribution in [3.8, 4) is 0 Å². The predicted molar refractivity (Wildman–Crippen MR) is 60.1 cm³/mol. The van der Waals surface area contributed by atoms with Gasteiger partial charge >= 0.3 is 21.4 Å². The third kappa shape index (κ3) is 2.89. The van der Waals surface area contributed by atoms with Gasteiger partial charge in [-0.2, -0.15) is 17.2 Å². The van der Waals surface area contributed by atoms with Gasteiger partial charge in [0, 0.05) is 5.69 Å². The summed E-state index contributed by atoms with van der Waals surface area (Å²) in [4.78, 5) is 10.9. The van der Waals surface area contributed by atoms with Crippen molar-refractivity contribution in [3.63, 3.8) is 0 Å². The van der Waals surface area contributed by atoms with Gasteiger partial charge in [0.1, 0.15) is 0 Å². The van der Waals surface area contributed by atoms with Gasteiger partial charge in [0.05, 0.1) is 0 Å². The quantitative estimate of drug-likeness (QED) is 0.859. The molecule has 18 heavy (non-hydrogen) atoms. The molecular formula is C10H8F3NO3S. The summed E-state index contributed by atoms with van der Waals surface area (Å²) < 4.78 is 57.9. The monoisotopic (exact) mass is 279 g/mol. The van der Waals surface area contributed by atoms with E-state index < -0.39 is 21.4 Å². The second-order valence-electron chi connectivity index (χ2n) is 3.23. The SMILES string of the molecule is C=Cc1ccc(NC(=O)C(F)(F)S(=O)(=O)F)cc1. The van der Waals surface area contributed by atoms with Gasteiger partial charge in [0.2, 0.25) is 0 Å². The Bertz CT molecular complexity index is 567. The number of amides is 1. The molecule has 1 N–H and O–H groups in total. The number of alkyl halides is 2. The van der Waals surface area contributed by atoms with Crippen molar-refractivity contribution in [2.24, 2.45) is 0 Å². The van der Waals surface area contributed by atoms with Crippen LogP contribution in [-0.2, 0) is 15.0 Å². The number of anilines is 1. The maximum atomic E-state index is 12.8. The minimum absolute atomic E-state index is 0.0890. The number of nitrogens with one attached hydrogen (secondary N) is 1. The molecule has 0 saturated heterocycles. The topological polar surface area (TPSA) is 63.2 Å². The fraction of sp³-hybridized carbons (Fsp3) is 0.100. The molecule has 1 aromatic rings. The maximum absolute atomic E-state index is 12.8. The highest BCUT2D eigenvalue weighted by atomic mass is 32.3. The zero-order chi connectivity index (χ0) is 14.0. The third-order valence-electron chi connectivity index (χ3n) is 1.97. The Hall–Kier alpha value is -1.83. The summed E-state index contributed by atoms with van der Waals surface area (Å²) in [5, 5.41) is -3.52. The normalized spacial score (nSPS) is 11.9. The molecule has 0 bridgehead atoms. The van der Waals surface area contributed by atoms with Gasteiger partial charge in [0.15, 0.2) is 0 Å². The first kappa shape index (κ1) is 14.2. The molecular weight excluding hydrogens is 271 g/mol. The van der Waals surface area contributed by atoms with Gasteiger partial charge < -0.3 is 5.32 Å². The van der Waals surface area contributed by atoms with Crippen molar-refractivity contribution in [3.05, 3.63) is 36.4 Å². The van der Waals surface area contributed by atoms with Gasteiger partial charge in [-0.25, -0.2) is 0 Å². The highest BCUT2D eigenvalue weighted by molar-refractivity contribution is 7.88. The summed E-state index contributed by atoms with van der Waals surface area (Å²) in [6.45, 7) is 3.46. The molecule has 0 fully saturated rings. The molecule has 0 aliphatic heterocycles. The first-order valence-electron chi connectivity index (χ1n) is 4.54. The summed E-state index contributed by atoms with van der Waals surface area (Å²) in [5.41, 5.74) is 0.576. The molecule has 0 aliphatic rings. The molecule has 0 aromatic heterocycles. The van der Waals surface area contributed by atoms with Crippen LogP contribution in [-0.4, -0.2) is 19.6 Å². The fourth-order valence-corrected chi connectivity index (χ4v) is 1.29. The molecule has 0 atom stereocenters. The number of carbonyl (C=O) groups is 1. The maximum Gasteiger partial charge on any atom is 0.451 e. The van der Waals surface area contributed by atoms with Gasteiger partial charge in [0.25, 0.3) is 0 Å². The molecule has 0 heterocycles. The van der Waals surface area contributed by atoms with E-state index in [4.69, 9.17) is 0 Å². The van der Waals surface area contributed by atoms with E-state index >= 15 is 0 Å². The van der Waals surface area contributed by atoms with Crippen LogP contribution < -0.4 is 5.32 Å². The predicted octanol–water partition coefficient (Wildman–Crippen LogP) is 2.16. The molecule has 0 saturated carbocycles. The van der Waals surface area contributed by atoms with E-state index in [0.29, 0.717) is 5.56 Å². The van der Waals surface area contributed by atoms with Crippen molar-refractivity contribution in [1.82, 2.24) is 0 Å². The lowest BCUT2D eigenvalue weighted by Crippen LogP contribution is -2.39. The van der Waals surface area contributed by atoms with Crippen LogP contribution in [0.2, 0.25) is 0 Å². The highest BCUT2D eigenvalue weighted by Gasteiger charge is 2.53. The number of hydrogen-bond acceptors (Lipinski definition) is 3. The highest BCUT2D eigenvalue weighted by Crippen LogP contribution is 2.25. The van der Waals surface area contributed by atoms with Crippen LogP contribution in [0.15, 0.2) is 30.8 Å². The van der Waals surface area contributed by atoms with Crippen LogP contribution in [0, 0.1) is 0 Å². The van der Waals surface area contributed by atoms with E-state index in [-0.39, 0.29) is 5.69 Å². The van der Waals surface area contributed by atoms with E-state index in [9.17, 15) is 25.9 Å². The minimum Gasteiger partial charge on any atom is -0.320 e. The Kier molecular flexibility index (Phi) is 3.80. The minimum atomic E-state index is -6.30. The van der Waals surface area contributed by atoms with E-state index in [1.807, 2.05) is 0 Å². The Morgan fingerprint density at radius 3 is 2.17 bits per heavy atom. The smallest absolute Gasteiger partial charge is 0.320 e. The second kappa shape index (κ2) is 4.81. The molecule has 1 rings (SSSR count). The van der Waals surface area contributed by atoms with Crippen LogP contribution >= 0.6 is 0 Å². The first-order chi connectivity index (χ1) is 8.18. The molecule has 0 unspecified atom stereocenters. The van der Waals surface area contributed by atoms with E-state index in [0.717, 1.165) is 0 Å². The van der Waals surface area contributed by atoms with E-state index in [1.165, 1.54) is 30.3 Å². The lowest BCUT2D eigenvalue weighted by atomic mass is 10.2. The van der Waals surface area contributed by atoms with Crippen LogP contribution in [0.25, 0.3) is 6.08 Å². The number of halogens is 3. The molecule has 0 aliphatic carbocycles. The number of rotatable bonds is 4. The Morgan fingerprint density at radius 1 is 1.28 bits per heavy atom. The Balaban J connectivity index is 2.91. The summed E-state index contributed by atoms with van der Waals surface area (Å²) in [6.07, 6.45) is 1.48. The zero-order valence-electron chi connectivity index (χ0n) is 8.86. The Morgan fingerprint density at radius 2 is 1.78 bits per heavy atom. The van der Waals surface area contributed by atoms with E-state index in [2.05, 4.69) is 6.58 Å². The molecule has 8 heteroatoms. The van der Waals surface area contributed by atoms with Gasteiger partial charge in [-0.05, 0) is 17.7 Å². The lowest BCUT2D eigenvalue weighted by molar-refractivity contribution is -0.130.